The number of hydrogen-bond donors (Lipinski definition) is 1. The molecule has 2 saturated heterocycles. The van der Waals surface area contributed by atoms with Gasteiger partial charge in [0.2, 0.25) is 17.7 Å². The summed E-state index contributed by atoms with van der Waals surface area (Å²) in [4.78, 5) is 47.9. The van der Waals surface area contributed by atoms with Crippen molar-refractivity contribution in [2.24, 2.45) is 17.8 Å². The van der Waals surface area contributed by atoms with Gasteiger partial charge in [0, 0.05) is 30.4 Å². The molecule has 0 bridgehead atoms. The second kappa shape index (κ2) is 9.58. The van der Waals surface area contributed by atoms with Crippen molar-refractivity contribution in [2.75, 3.05) is 26.2 Å². The van der Waals surface area contributed by atoms with Crippen LogP contribution in [0, 0.1) is 17.8 Å². The number of rotatable bonds is 7. The van der Waals surface area contributed by atoms with E-state index in [4.69, 9.17) is 0 Å². The lowest BCUT2D eigenvalue weighted by atomic mass is 9.74. The minimum absolute atomic E-state index is 0.00195. The third kappa shape index (κ3) is 4.05. The summed E-state index contributed by atoms with van der Waals surface area (Å²) in [7, 11) is 0. The number of hydrogen-bond acceptors (Lipinski definition) is 5. The molecule has 1 spiro atoms. The number of nitrogens with zero attached hydrogens (tertiary/aromatic N) is 3. The van der Waals surface area contributed by atoms with Crippen molar-refractivity contribution >= 4 is 29.5 Å². The van der Waals surface area contributed by atoms with Crippen LogP contribution in [0.2, 0.25) is 0 Å². The summed E-state index contributed by atoms with van der Waals surface area (Å²) in [6.45, 7) is 13.7. The largest absolute Gasteiger partial charge is 0.394 e. The molecule has 3 amide bonds. The molecule has 0 aromatic heterocycles. The highest BCUT2D eigenvalue weighted by molar-refractivity contribution is 8.02. The Morgan fingerprint density at radius 3 is 2.31 bits per heavy atom. The van der Waals surface area contributed by atoms with E-state index in [9.17, 15) is 19.5 Å². The van der Waals surface area contributed by atoms with E-state index in [2.05, 4.69) is 39.8 Å². The Kier molecular flexibility index (Phi) is 7.19. The zero-order valence-electron chi connectivity index (χ0n) is 21.9. The van der Waals surface area contributed by atoms with Gasteiger partial charge in [0.05, 0.1) is 29.2 Å². The summed E-state index contributed by atoms with van der Waals surface area (Å²) in [5.41, 5.74) is 0. The molecule has 4 heterocycles. The first kappa shape index (κ1) is 26.3. The van der Waals surface area contributed by atoms with Crippen LogP contribution in [0.25, 0.3) is 0 Å². The third-order valence-corrected chi connectivity index (χ3v) is 9.87. The van der Waals surface area contributed by atoms with E-state index in [-0.39, 0.29) is 36.3 Å². The van der Waals surface area contributed by atoms with E-state index in [0.717, 1.165) is 6.42 Å². The molecule has 0 saturated carbocycles. The molecule has 0 aromatic carbocycles. The molecular weight excluding hydrogens is 462 g/mol. The number of amides is 3. The van der Waals surface area contributed by atoms with Gasteiger partial charge < -0.3 is 19.8 Å². The van der Waals surface area contributed by atoms with Crippen molar-refractivity contribution in [3.8, 4) is 0 Å². The zero-order chi connectivity index (χ0) is 25.7. The van der Waals surface area contributed by atoms with Crippen LogP contribution in [0.1, 0.15) is 54.4 Å². The average molecular weight is 504 g/mol. The van der Waals surface area contributed by atoms with Gasteiger partial charge in [-0.1, -0.05) is 45.1 Å². The van der Waals surface area contributed by atoms with Crippen LogP contribution in [-0.2, 0) is 14.4 Å². The van der Waals surface area contributed by atoms with Crippen molar-refractivity contribution in [3.05, 3.63) is 24.3 Å². The summed E-state index contributed by atoms with van der Waals surface area (Å²) in [6.07, 6.45) is 9.66. The van der Waals surface area contributed by atoms with Gasteiger partial charge in [-0.2, -0.15) is 0 Å². The van der Waals surface area contributed by atoms with Gasteiger partial charge >= 0.3 is 0 Å². The predicted molar refractivity (Wildman–Crippen MR) is 139 cm³/mol. The molecule has 0 aromatic rings. The van der Waals surface area contributed by atoms with Gasteiger partial charge in [-0.25, -0.2) is 0 Å². The standard InChI is InChI=1S/C27H41N3O4S/c1-7-12-28-13-8-10-26(6)20(23(28)32)21-24(33)30(19(16-31)15-17(2)3)22-25(34)29(18(4)5)14-9-11-27(21,22)35-26/h8-11,17-22,31H,7,12-16H2,1-6H3/t19-,20+,21+,22?,26-,27+/m1/s1. The Bertz CT molecular complexity index is 933. The fraction of sp³-hybridized carbons (Fsp3) is 0.741. The van der Waals surface area contributed by atoms with Gasteiger partial charge in [-0.05, 0) is 39.5 Å². The van der Waals surface area contributed by atoms with Crippen LogP contribution in [-0.4, -0.2) is 91.4 Å². The molecule has 2 fully saturated rings. The highest BCUT2D eigenvalue weighted by atomic mass is 32.2. The molecule has 0 radical (unpaired) electrons. The smallest absolute Gasteiger partial charge is 0.247 e. The predicted octanol–water partition coefficient (Wildman–Crippen LogP) is 2.70. The molecule has 0 aliphatic carbocycles. The lowest BCUT2D eigenvalue weighted by Gasteiger charge is -2.40. The summed E-state index contributed by atoms with van der Waals surface area (Å²) in [6, 6.07) is -1.23. The van der Waals surface area contributed by atoms with Gasteiger partial charge in [-0.3, -0.25) is 14.4 Å². The van der Waals surface area contributed by atoms with Gasteiger partial charge in [0.15, 0.2) is 0 Å². The van der Waals surface area contributed by atoms with Crippen LogP contribution in [0.4, 0.5) is 0 Å². The van der Waals surface area contributed by atoms with Crippen molar-refractivity contribution in [1.82, 2.24) is 14.7 Å². The summed E-state index contributed by atoms with van der Waals surface area (Å²) < 4.78 is -1.44. The molecule has 7 nitrogen and oxygen atoms in total. The van der Waals surface area contributed by atoms with E-state index in [1.54, 1.807) is 16.7 Å². The third-order valence-electron chi connectivity index (χ3n) is 8.07. The quantitative estimate of drug-likeness (QED) is 0.541. The van der Waals surface area contributed by atoms with E-state index < -0.39 is 33.4 Å². The highest BCUT2D eigenvalue weighted by Crippen LogP contribution is 2.66. The minimum Gasteiger partial charge on any atom is -0.394 e. The molecule has 4 aliphatic heterocycles. The number of carbonyl (C=O) groups is 3. The first-order valence-corrected chi connectivity index (χ1v) is 13.9. The Morgan fingerprint density at radius 2 is 1.71 bits per heavy atom. The van der Waals surface area contributed by atoms with Crippen LogP contribution < -0.4 is 0 Å². The van der Waals surface area contributed by atoms with Crippen LogP contribution >= 0.6 is 11.8 Å². The average Bonchev–Trinajstić information content (AvgIpc) is 3.06. The van der Waals surface area contributed by atoms with E-state index in [1.807, 2.05) is 35.8 Å². The topological polar surface area (TPSA) is 81.2 Å². The maximum absolute atomic E-state index is 14.4. The van der Waals surface area contributed by atoms with Crippen molar-refractivity contribution in [1.29, 1.82) is 0 Å². The van der Waals surface area contributed by atoms with Crippen LogP contribution in [0.15, 0.2) is 24.3 Å². The monoisotopic (exact) mass is 503 g/mol. The zero-order valence-corrected chi connectivity index (χ0v) is 22.8. The summed E-state index contributed by atoms with van der Waals surface area (Å²) >= 11 is 1.61. The Hall–Kier alpha value is -1.80. The van der Waals surface area contributed by atoms with Crippen molar-refractivity contribution < 1.29 is 19.5 Å². The molecular formula is C27H41N3O4S. The number of aliphatic hydroxyl groups is 1. The normalized spacial score (nSPS) is 35.5. The molecule has 35 heavy (non-hydrogen) atoms. The van der Waals surface area contributed by atoms with E-state index in [1.165, 1.54) is 0 Å². The summed E-state index contributed by atoms with van der Waals surface area (Å²) in [5.74, 6) is -1.21. The number of carbonyl (C=O) groups excluding carboxylic acids is 3. The number of aliphatic hydroxyl groups excluding tert-OH is 1. The SMILES string of the molecule is CCCN1CC=C[C@@]2(C)S[C@]34C=CCN(C(C)C)C(=O)C3N([C@@H](CO)CC(C)C)C(=O)[C@@H]4[C@H]2C1=O. The van der Waals surface area contributed by atoms with Crippen LogP contribution in [0.3, 0.4) is 0 Å². The molecule has 4 rings (SSSR count). The fourth-order valence-corrected chi connectivity index (χ4v) is 8.82. The number of likely N-dealkylation sites (tertiary alicyclic amines) is 1. The number of fused-ring (bicyclic) bond motifs is 2. The van der Waals surface area contributed by atoms with Gasteiger partial charge in [0.25, 0.3) is 0 Å². The first-order valence-electron chi connectivity index (χ1n) is 13.1. The Labute approximate surface area is 214 Å². The van der Waals surface area contributed by atoms with Crippen molar-refractivity contribution in [2.45, 2.75) is 82.0 Å². The van der Waals surface area contributed by atoms with Crippen LogP contribution in [0.5, 0.6) is 0 Å². The lowest BCUT2D eigenvalue weighted by molar-refractivity contribution is -0.148. The molecule has 1 unspecified atom stereocenters. The molecule has 1 N–H and O–H groups in total. The molecule has 8 heteroatoms. The van der Waals surface area contributed by atoms with Crippen molar-refractivity contribution in [3.63, 3.8) is 0 Å². The van der Waals surface area contributed by atoms with Gasteiger partial charge in [-0.15, -0.1) is 11.8 Å². The number of thioether (sulfide) groups is 1. The maximum atomic E-state index is 14.4. The lowest BCUT2D eigenvalue weighted by Crippen LogP contribution is -2.57. The molecule has 4 aliphatic rings. The second-order valence-electron chi connectivity index (χ2n) is 11.4. The molecule has 194 valence electrons. The van der Waals surface area contributed by atoms with Gasteiger partial charge in [0.1, 0.15) is 6.04 Å². The second-order valence-corrected chi connectivity index (χ2v) is 13.2. The fourth-order valence-electron chi connectivity index (χ4n) is 6.68. The Morgan fingerprint density at radius 1 is 1.03 bits per heavy atom. The first-order chi connectivity index (χ1) is 16.5. The van der Waals surface area contributed by atoms with E-state index >= 15 is 0 Å². The minimum atomic E-state index is -0.850. The van der Waals surface area contributed by atoms with E-state index in [0.29, 0.717) is 26.1 Å². The maximum Gasteiger partial charge on any atom is 0.247 e. The Balaban J connectivity index is 1.89. The molecule has 6 atom stereocenters. The summed E-state index contributed by atoms with van der Waals surface area (Å²) in [5, 5.41) is 10.4. The highest BCUT2D eigenvalue weighted by Gasteiger charge is 2.74.